The molecule has 1 fully saturated rings. The van der Waals surface area contributed by atoms with Crippen LogP contribution in [0.3, 0.4) is 0 Å². The molecule has 34 heavy (non-hydrogen) atoms. The molecule has 1 atom stereocenters. The molecule has 2 aromatic rings. The van der Waals surface area contributed by atoms with Gasteiger partial charge in [-0.25, -0.2) is 8.42 Å². The van der Waals surface area contributed by atoms with Crippen LogP contribution in [0.15, 0.2) is 53.4 Å². The fraction of sp³-hybridized carbons (Fsp3) is 0.440. The van der Waals surface area contributed by atoms with Crippen LogP contribution in [-0.4, -0.2) is 56.8 Å². The van der Waals surface area contributed by atoms with Crippen molar-refractivity contribution in [3.05, 3.63) is 54.1 Å². The predicted octanol–water partition coefficient (Wildman–Crippen LogP) is 2.96. The normalized spacial score (nSPS) is 19.4. The molecule has 1 saturated heterocycles. The lowest BCUT2D eigenvalue weighted by atomic mass is 9.93. The van der Waals surface area contributed by atoms with Crippen molar-refractivity contribution in [3.63, 3.8) is 0 Å². The molecule has 1 aliphatic rings. The van der Waals surface area contributed by atoms with E-state index in [-0.39, 0.29) is 18.0 Å². The number of nitrogens with zero attached hydrogens (tertiary/aromatic N) is 2. The summed E-state index contributed by atoms with van der Waals surface area (Å²) in [6, 6.07) is 13.3. The van der Waals surface area contributed by atoms with E-state index >= 15 is 0 Å². The van der Waals surface area contributed by atoms with Crippen LogP contribution < -0.4 is 15.0 Å². The molecule has 2 aromatic carbocycles. The van der Waals surface area contributed by atoms with Gasteiger partial charge in [0, 0.05) is 13.1 Å². The second-order valence-electron chi connectivity index (χ2n) is 9.20. The van der Waals surface area contributed by atoms with Crippen LogP contribution in [0.4, 0.5) is 5.69 Å². The number of sulfonamides is 1. The maximum Gasteiger partial charge on any atom is 0.247 e. The zero-order chi connectivity index (χ0) is 25.1. The third-order valence-corrected chi connectivity index (χ3v) is 7.80. The minimum atomic E-state index is -3.99. The van der Waals surface area contributed by atoms with E-state index in [1.807, 2.05) is 13.0 Å². The van der Waals surface area contributed by atoms with E-state index in [9.17, 15) is 18.0 Å². The second-order valence-corrected chi connectivity index (χ2v) is 11.1. The van der Waals surface area contributed by atoms with Crippen LogP contribution in [0.2, 0.25) is 0 Å². The van der Waals surface area contributed by atoms with Crippen molar-refractivity contribution >= 4 is 27.5 Å². The molecule has 1 N–H and O–H groups in total. The number of piperazine rings is 1. The van der Waals surface area contributed by atoms with Gasteiger partial charge in [0.05, 0.1) is 24.2 Å². The number of methoxy groups -OCH3 is 1. The first kappa shape index (κ1) is 25.7. The Morgan fingerprint density at radius 2 is 1.85 bits per heavy atom. The van der Waals surface area contributed by atoms with E-state index in [1.54, 1.807) is 37.3 Å². The topological polar surface area (TPSA) is 96.0 Å². The molecule has 9 heteroatoms. The largest absolute Gasteiger partial charge is 0.495 e. The predicted molar refractivity (Wildman–Crippen MR) is 131 cm³/mol. The van der Waals surface area contributed by atoms with Crippen LogP contribution >= 0.6 is 0 Å². The van der Waals surface area contributed by atoms with Gasteiger partial charge in [0.2, 0.25) is 21.8 Å². The maximum absolute atomic E-state index is 13.6. The number of nitrogens with one attached hydrogen (secondary N) is 1. The maximum atomic E-state index is 13.6. The molecule has 184 valence electrons. The summed E-state index contributed by atoms with van der Waals surface area (Å²) < 4.78 is 33.3. The van der Waals surface area contributed by atoms with Gasteiger partial charge in [-0.15, -0.1) is 0 Å². The number of rotatable bonds is 8. The molecule has 0 radical (unpaired) electrons. The molecule has 8 nitrogen and oxygen atoms in total. The number of ether oxygens (including phenoxy) is 1. The molecule has 0 aliphatic carbocycles. The zero-order valence-electron chi connectivity index (χ0n) is 20.4. The summed E-state index contributed by atoms with van der Waals surface area (Å²) in [6.45, 7) is 7.42. The summed E-state index contributed by atoms with van der Waals surface area (Å²) in [6.07, 6.45) is 0.759. The lowest BCUT2D eigenvalue weighted by molar-refractivity contribution is -0.132. The Balaban J connectivity index is 2.07. The van der Waals surface area contributed by atoms with Crippen molar-refractivity contribution in [2.24, 2.45) is 5.92 Å². The van der Waals surface area contributed by atoms with E-state index in [4.69, 9.17) is 4.74 Å². The van der Waals surface area contributed by atoms with Crippen LogP contribution in [0.5, 0.6) is 5.75 Å². The highest BCUT2D eigenvalue weighted by Crippen LogP contribution is 2.38. The standard InChI is InChI=1S/C25H33N3O5S/c1-18(2)13-14-26-24(30)25(4)17-27(34(31,32)20-9-7-6-8-10-20)16-23(29)28(25)21-15-19(3)11-12-22(21)33-5/h6-12,15,18H,13-14,16-17H2,1-5H3,(H,26,30)/t25-/m0/s1. The molecule has 0 spiro atoms. The zero-order valence-corrected chi connectivity index (χ0v) is 21.2. The van der Waals surface area contributed by atoms with Gasteiger partial charge in [-0.05, 0) is 56.0 Å². The lowest BCUT2D eigenvalue weighted by Gasteiger charge is -2.47. The summed E-state index contributed by atoms with van der Waals surface area (Å²) >= 11 is 0. The van der Waals surface area contributed by atoms with E-state index in [2.05, 4.69) is 19.2 Å². The number of anilines is 1. The third kappa shape index (κ3) is 5.10. The van der Waals surface area contributed by atoms with Gasteiger partial charge in [0.25, 0.3) is 0 Å². The van der Waals surface area contributed by atoms with Gasteiger partial charge in [0.1, 0.15) is 11.3 Å². The Kier molecular flexibility index (Phi) is 7.67. The Morgan fingerprint density at radius 1 is 1.18 bits per heavy atom. The second kappa shape index (κ2) is 10.1. The third-order valence-electron chi connectivity index (χ3n) is 5.99. The van der Waals surface area contributed by atoms with Crippen LogP contribution in [0.25, 0.3) is 0 Å². The monoisotopic (exact) mass is 487 g/mol. The molecular formula is C25H33N3O5S. The number of carbonyl (C=O) groups is 2. The van der Waals surface area contributed by atoms with Crippen LogP contribution in [0, 0.1) is 12.8 Å². The van der Waals surface area contributed by atoms with E-state index < -0.39 is 27.4 Å². The Labute approximate surface area is 201 Å². The van der Waals surface area contributed by atoms with E-state index in [0.29, 0.717) is 23.9 Å². The molecule has 1 heterocycles. The number of benzene rings is 2. The molecule has 0 bridgehead atoms. The highest BCUT2D eigenvalue weighted by Gasteiger charge is 2.51. The van der Waals surface area contributed by atoms with Gasteiger partial charge in [-0.3, -0.25) is 14.5 Å². The van der Waals surface area contributed by atoms with Gasteiger partial charge < -0.3 is 10.1 Å². The van der Waals surface area contributed by atoms with Crippen molar-refractivity contribution in [1.29, 1.82) is 0 Å². The summed E-state index contributed by atoms with van der Waals surface area (Å²) in [4.78, 5) is 28.6. The van der Waals surface area contributed by atoms with Gasteiger partial charge in [0.15, 0.2) is 0 Å². The minimum Gasteiger partial charge on any atom is -0.495 e. The summed E-state index contributed by atoms with van der Waals surface area (Å²) in [7, 11) is -2.49. The molecule has 1 aliphatic heterocycles. The Hall–Kier alpha value is -2.91. The summed E-state index contributed by atoms with van der Waals surface area (Å²) in [5, 5.41) is 2.91. The highest BCUT2D eigenvalue weighted by molar-refractivity contribution is 7.89. The van der Waals surface area contributed by atoms with Gasteiger partial charge >= 0.3 is 0 Å². The number of hydrogen-bond acceptors (Lipinski definition) is 5. The smallest absolute Gasteiger partial charge is 0.247 e. The van der Waals surface area contributed by atoms with E-state index in [0.717, 1.165) is 16.3 Å². The lowest BCUT2D eigenvalue weighted by Crippen LogP contribution is -2.70. The first-order valence-electron chi connectivity index (χ1n) is 11.3. The average molecular weight is 488 g/mol. The van der Waals surface area contributed by atoms with Gasteiger partial charge in [-0.1, -0.05) is 38.1 Å². The fourth-order valence-electron chi connectivity index (χ4n) is 4.09. The molecule has 2 amide bonds. The summed E-state index contributed by atoms with van der Waals surface area (Å²) in [5.74, 6) is -0.113. The molecule has 0 saturated carbocycles. The SMILES string of the molecule is COc1ccc(C)cc1N1C(=O)CN(S(=O)(=O)c2ccccc2)C[C@@]1(C)C(=O)NCCC(C)C. The average Bonchev–Trinajstić information content (AvgIpc) is 2.79. The summed E-state index contributed by atoms with van der Waals surface area (Å²) in [5.41, 5.74) is -0.175. The molecule has 0 aromatic heterocycles. The first-order chi connectivity index (χ1) is 16.0. The van der Waals surface area contributed by atoms with Crippen molar-refractivity contribution in [1.82, 2.24) is 9.62 Å². The molecule has 0 unspecified atom stereocenters. The van der Waals surface area contributed by atoms with Crippen LogP contribution in [-0.2, 0) is 19.6 Å². The fourth-order valence-corrected chi connectivity index (χ4v) is 5.59. The van der Waals surface area contributed by atoms with Gasteiger partial charge in [-0.2, -0.15) is 4.31 Å². The van der Waals surface area contributed by atoms with Crippen molar-refractivity contribution in [2.75, 3.05) is 31.6 Å². The number of aryl methyl sites for hydroxylation is 1. The molecule has 3 rings (SSSR count). The Bertz CT molecular complexity index is 1150. The van der Waals surface area contributed by atoms with Crippen molar-refractivity contribution < 1.29 is 22.7 Å². The quantitative estimate of drug-likeness (QED) is 0.618. The number of carbonyl (C=O) groups excluding carboxylic acids is 2. The first-order valence-corrected chi connectivity index (χ1v) is 12.8. The molecular weight excluding hydrogens is 454 g/mol. The number of hydrogen-bond donors (Lipinski definition) is 1. The van der Waals surface area contributed by atoms with Crippen molar-refractivity contribution in [2.45, 2.75) is 44.6 Å². The van der Waals surface area contributed by atoms with Crippen molar-refractivity contribution in [3.8, 4) is 5.75 Å². The number of amides is 2. The Morgan fingerprint density at radius 3 is 2.47 bits per heavy atom. The van der Waals surface area contributed by atoms with Crippen LogP contribution in [0.1, 0.15) is 32.8 Å². The highest BCUT2D eigenvalue weighted by atomic mass is 32.2. The minimum absolute atomic E-state index is 0.0759. The van der Waals surface area contributed by atoms with E-state index in [1.165, 1.54) is 24.1 Å².